The second-order valence-corrected chi connectivity index (χ2v) is 6.92. The molecule has 5 rings (SSSR count). The molecule has 2 aliphatic heterocycles. The lowest BCUT2D eigenvalue weighted by molar-refractivity contribution is -0.118. The molecule has 9 nitrogen and oxygen atoms in total. The van der Waals surface area contributed by atoms with Crippen LogP contribution in [0.5, 0.6) is 5.88 Å². The van der Waals surface area contributed by atoms with Gasteiger partial charge in [0.1, 0.15) is 5.69 Å². The lowest BCUT2D eigenvalue weighted by atomic mass is 10.1. The molecule has 134 valence electrons. The number of fused-ring (bicyclic) bond motifs is 1. The van der Waals surface area contributed by atoms with Gasteiger partial charge < -0.3 is 19.5 Å². The average molecular weight is 355 g/mol. The Bertz CT molecular complexity index is 891. The summed E-state index contributed by atoms with van der Waals surface area (Å²) >= 11 is 0. The summed E-state index contributed by atoms with van der Waals surface area (Å²) in [5.74, 6) is 1.86. The SMILES string of the molecule is O=C1COc2ncc(C(=O)N3CCC(c4nc(C5CC5)no4)C3)cc2N1. The van der Waals surface area contributed by atoms with E-state index >= 15 is 0 Å². The Morgan fingerprint density at radius 2 is 2.15 bits per heavy atom. The molecule has 9 heteroatoms. The van der Waals surface area contributed by atoms with Crippen molar-refractivity contribution in [2.45, 2.75) is 31.1 Å². The molecule has 26 heavy (non-hydrogen) atoms. The maximum Gasteiger partial charge on any atom is 0.262 e. The van der Waals surface area contributed by atoms with Crippen LogP contribution in [0.3, 0.4) is 0 Å². The zero-order valence-corrected chi connectivity index (χ0v) is 14.0. The Kier molecular flexibility index (Phi) is 3.41. The fourth-order valence-electron chi connectivity index (χ4n) is 3.34. The van der Waals surface area contributed by atoms with E-state index in [9.17, 15) is 9.59 Å². The molecule has 0 aromatic carbocycles. The second-order valence-electron chi connectivity index (χ2n) is 6.92. The average Bonchev–Trinajstić information content (AvgIpc) is 3.19. The van der Waals surface area contributed by atoms with Crippen molar-refractivity contribution in [2.75, 3.05) is 25.0 Å². The van der Waals surface area contributed by atoms with Crippen LogP contribution in [0.4, 0.5) is 5.69 Å². The molecule has 0 radical (unpaired) electrons. The Morgan fingerprint density at radius 1 is 1.27 bits per heavy atom. The van der Waals surface area contributed by atoms with E-state index in [1.54, 1.807) is 11.0 Å². The van der Waals surface area contributed by atoms with E-state index in [4.69, 9.17) is 9.26 Å². The molecule has 0 spiro atoms. The van der Waals surface area contributed by atoms with E-state index in [1.807, 2.05) is 0 Å². The molecule has 1 atom stereocenters. The van der Waals surface area contributed by atoms with Crippen molar-refractivity contribution >= 4 is 17.5 Å². The van der Waals surface area contributed by atoms with Crippen LogP contribution < -0.4 is 10.1 Å². The fraction of sp³-hybridized carbons (Fsp3) is 0.471. The molecule has 2 fully saturated rings. The molecule has 1 unspecified atom stereocenters. The Labute approximate surface area is 148 Å². The number of amides is 2. The van der Waals surface area contributed by atoms with Gasteiger partial charge in [0.05, 0.1) is 11.5 Å². The van der Waals surface area contributed by atoms with Gasteiger partial charge in [0.25, 0.3) is 11.8 Å². The summed E-state index contributed by atoms with van der Waals surface area (Å²) in [6.45, 7) is 1.09. The summed E-state index contributed by atoms with van der Waals surface area (Å²) < 4.78 is 10.6. The summed E-state index contributed by atoms with van der Waals surface area (Å²) in [6.07, 6.45) is 4.51. The number of hydrogen-bond acceptors (Lipinski definition) is 7. The number of ether oxygens (including phenoxy) is 1. The number of nitrogens with one attached hydrogen (secondary N) is 1. The fourth-order valence-corrected chi connectivity index (χ4v) is 3.34. The number of likely N-dealkylation sites (tertiary alicyclic amines) is 1. The molecular weight excluding hydrogens is 338 g/mol. The summed E-state index contributed by atoms with van der Waals surface area (Å²) in [7, 11) is 0. The first kappa shape index (κ1) is 15.3. The van der Waals surface area contributed by atoms with Crippen LogP contribution in [-0.4, -0.2) is 51.5 Å². The maximum absolute atomic E-state index is 12.8. The molecule has 1 aliphatic carbocycles. The number of aromatic nitrogens is 3. The van der Waals surface area contributed by atoms with E-state index in [1.165, 1.54) is 6.20 Å². The standard InChI is InChI=1S/C17H17N5O4/c23-13-8-25-16-12(19-13)5-11(6-18-16)17(24)22-4-3-10(7-22)15-20-14(21-26-15)9-1-2-9/h5-6,9-10H,1-4,7-8H2,(H,19,23). The lowest BCUT2D eigenvalue weighted by Gasteiger charge is -2.19. The monoisotopic (exact) mass is 355 g/mol. The quantitative estimate of drug-likeness (QED) is 0.883. The van der Waals surface area contributed by atoms with Crippen LogP contribution >= 0.6 is 0 Å². The lowest BCUT2D eigenvalue weighted by Crippen LogP contribution is -2.30. The predicted octanol–water partition coefficient (Wildman–Crippen LogP) is 1.30. The topological polar surface area (TPSA) is 110 Å². The molecule has 2 aromatic rings. The van der Waals surface area contributed by atoms with Crippen LogP contribution in [0.2, 0.25) is 0 Å². The van der Waals surface area contributed by atoms with Crippen LogP contribution in [0.1, 0.15) is 53.2 Å². The van der Waals surface area contributed by atoms with Gasteiger partial charge in [-0.2, -0.15) is 4.98 Å². The number of rotatable bonds is 3. The summed E-state index contributed by atoms with van der Waals surface area (Å²) in [5.41, 5.74) is 0.841. The number of hydrogen-bond donors (Lipinski definition) is 1. The van der Waals surface area contributed by atoms with E-state index in [-0.39, 0.29) is 24.3 Å². The van der Waals surface area contributed by atoms with Gasteiger partial charge in [-0.15, -0.1) is 0 Å². The number of carbonyl (C=O) groups excluding carboxylic acids is 2. The van der Waals surface area contributed by atoms with Crippen molar-refractivity contribution in [3.05, 3.63) is 29.5 Å². The summed E-state index contributed by atoms with van der Waals surface area (Å²) in [5, 5.41) is 6.72. The van der Waals surface area contributed by atoms with Crippen LogP contribution in [-0.2, 0) is 4.79 Å². The number of nitrogens with zero attached hydrogens (tertiary/aromatic N) is 4. The minimum atomic E-state index is -0.256. The van der Waals surface area contributed by atoms with Gasteiger partial charge in [0, 0.05) is 25.2 Å². The van der Waals surface area contributed by atoms with Crippen molar-refractivity contribution in [1.82, 2.24) is 20.0 Å². The van der Waals surface area contributed by atoms with E-state index < -0.39 is 0 Å². The summed E-state index contributed by atoms with van der Waals surface area (Å²) in [4.78, 5) is 34.6. The number of pyridine rings is 1. The van der Waals surface area contributed by atoms with Gasteiger partial charge in [-0.05, 0) is 25.3 Å². The van der Waals surface area contributed by atoms with E-state index in [0.717, 1.165) is 25.1 Å². The molecule has 0 bridgehead atoms. The molecular formula is C17H17N5O4. The van der Waals surface area contributed by atoms with E-state index in [0.29, 0.717) is 42.0 Å². The number of carbonyl (C=O) groups is 2. The Hall–Kier alpha value is -2.97. The van der Waals surface area contributed by atoms with Crippen molar-refractivity contribution in [3.8, 4) is 5.88 Å². The number of anilines is 1. The smallest absolute Gasteiger partial charge is 0.262 e. The van der Waals surface area contributed by atoms with Gasteiger partial charge >= 0.3 is 0 Å². The molecule has 1 N–H and O–H groups in total. The third-order valence-corrected chi connectivity index (χ3v) is 4.94. The first-order chi connectivity index (χ1) is 12.7. The van der Waals surface area contributed by atoms with E-state index in [2.05, 4.69) is 20.4 Å². The normalized spacial score (nSPS) is 21.9. The minimum Gasteiger partial charge on any atom is -0.466 e. The van der Waals surface area contributed by atoms with Crippen LogP contribution in [0, 0.1) is 0 Å². The first-order valence-electron chi connectivity index (χ1n) is 8.73. The summed E-state index contributed by atoms with van der Waals surface area (Å²) in [6, 6.07) is 1.60. The highest BCUT2D eigenvalue weighted by Crippen LogP contribution is 2.39. The third-order valence-electron chi connectivity index (χ3n) is 4.94. The zero-order valence-electron chi connectivity index (χ0n) is 14.0. The highest BCUT2D eigenvalue weighted by atomic mass is 16.5. The predicted molar refractivity (Wildman–Crippen MR) is 87.9 cm³/mol. The van der Waals surface area contributed by atoms with Gasteiger partial charge in [-0.1, -0.05) is 5.16 Å². The first-order valence-corrected chi connectivity index (χ1v) is 8.73. The molecule has 1 saturated carbocycles. The zero-order chi connectivity index (χ0) is 17.7. The van der Waals surface area contributed by atoms with Gasteiger partial charge in [0.15, 0.2) is 12.4 Å². The van der Waals surface area contributed by atoms with Crippen LogP contribution in [0.25, 0.3) is 0 Å². The third kappa shape index (κ3) is 2.69. The molecule has 2 amide bonds. The molecule has 3 aliphatic rings. The Balaban J connectivity index is 1.30. The van der Waals surface area contributed by atoms with Gasteiger partial charge in [-0.3, -0.25) is 9.59 Å². The van der Waals surface area contributed by atoms with Crippen molar-refractivity contribution < 1.29 is 18.8 Å². The van der Waals surface area contributed by atoms with Gasteiger partial charge in [0.2, 0.25) is 11.8 Å². The molecule has 4 heterocycles. The maximum atomic E-state index is 12.8. The molecule has 1 saturated heterocycles. The second kappa shape index (κ2) is 5.79. The Morgan fingerprint density at radius 3 is 3.00 bits per heavy atom. The van der Waals surface area contributed by atoms with Gasteiger partial charge in [-0.25, -0.2) is 4.98 Å². The van der Waals surface area contributed by atoms with Crippen molar-refractivity contribution in [1.29, 1.82) is 0 Å². The van der Waals surface area contributed by atoms with Crippen LogP contribution in [0.15, 0.2) is 16.8 Å². The largest absolute Gasteiger partial charge is 0.466 e. The van der Waals surface area contributed by atoms with Crippen molar-refractivity contribution in [2.24, 2.45) is 0 Å². The minimum absolute atomic E-state index is 0.0614. The highest BCUT2D eigenvalue weighted by Gasteiger charge is 2.34. The molecule has 2 aromatic heterocycles. The van der Waals surface area contributed by atoms with Crippen molar-refractivity contribution in [3.63, 3.8) is 0 Å². The highest BCUT2D eigenvalue weighted by molar-refractivity contribution is 5.99.